The van der Waals surface area contributed by atoms with Crippen LogP contribution in [0.15, 0.2) is 29.2 Å². The second kappa shape index (κ2) is 8.88. The summed E-state index contributed by atoms with van der Waals surface area (Å²) in [5.41, 5.74) is 1.12. The van der Waals surface area contributed by atoms with Gasteiger partial charge in [-0.25, -0.2) is 0 Å². The van der Waals surface area contributed by atoms with Gasteiger partial charge in [0.15, 0.2) is 0 Å². The summed E-state index contributed by atoms with van der Waals surface area (Å²) in [6.07, 6.45) is 6.10. The number of thioether (sulfide) groups is 1. The van der Waals surface area contributed by atoms with E-state index in [9.17, 15) is 4.79 Å². The molecule has 5 heteroatoms. The number of likely N-dealkylation sites (tertiary alicyclic amines) is 1. The van der Waals surface area contributed by atoms with Gasteiger partial charge < -0.3 is 9.64 Å². The quantitative estimate of drug-likeness (QED) is 0.766. The molecule has 0 aliphatic carbocycles. The Labute approximate surface area is 149 Å². The lowest BCUT2D eigenvalue weighted by Gasteiger charge is -2.39. The molecular formula is C19H28N2O2S. The van der Waals surface area contributed by atoms with Gasteiger partial charge in [0.1, 0.15) is 0 Å². The van der Waals surface area contributed by atoms with Crippen molar-refractivity contribution in [3.63, 3.8) is 0 Å². The Morgan fingerprint density at radius 3 is 2.62 bits per heavy atom. The average molecular weight is 349 g/mol. The molecule has 2 saturated heterocycles. The average Bonchev–Trinajstić information content (AvgIpc) is 2.63. The molecule has 1 amide bonds. The van der Waals surface area contributed by atoms with Crippen LogP contribution in [-0.4, -0.2) is 67.4 Å². The fraction of sp³-hybridized carbons (Fsp3) is 0.632. The highest BCUT2D eigenvalue weighted by atomic mass is 32.2. The summed E-state index contributed by atoms with van der Waals surface area (Å²) in [7, 11) is 0. The number of piperidine rings is 1. The summed E-state index contributed by atoms with van der Waals surface area (Å²) in [6, 6.07) is 8.76. The molecule has 0 bridgehead atoms. The molecule has 132 valence electrons. The Bertz CT molecular complexity index is 529. The summed E-state index contributed by atoms with van der Waals surface area (Å²) in [5.74, 6) is 0.282. The SMILES string of the molecule is CSc1ccc(CC(=O)N2CCCC[C@H]2CN2CCOCC2)cc1. The van der Waals surface area contributed by atoms with Crippen molar-refractivity contribution in [3.05, 3.63) is 29.8 Å². The number of amides is 1. The van der Waals surface area contributed by atoms with Crippen LogP contribution in [0.3, 0.4) is 0 Å². The fourth-order valence-electron chi connectivity index (χ4n) is 3.62. The number of rotatable bonds is 5. The van der Waals surface area contributed by atoms with E-state index in [-0.39, 0.29) is 5.91 Å². The van der Waals surface area contributed by atoms with Crippen LogP contribution >= 0.6 is 11.8 Å². The van der Waals surface area contributed by atoms with Crippen LogP contribution in [0.2, 0.25) is 0 Å². The van der Waals surface area contributed by atoms with E-state index in [0.717, 1.165) is 57.8 Å². The highest BCUT2D eigenvalue weighted by molar-refractivity contribution is 7.98. The van der Waals surface area contributed by atoms with Gasteiger partial charge in [-0.15, -0.1) is 11.8 Å². The maximum Gasteiger partial charge on any atom is 0.227 e. The van der Waals surface area contributed by atoms with Crippen LogP contribution in [0.25, 0.3) is 0 Å². The first-order valence-electron chi connectivity index (χ1n) is 8.99. The predicted octanol–water partition coefficient (Wildman–Crippen LogP) is 2.66. The van der Waals surface area contributed by atoms with Crippen molar-refractivity contribution in [3.8, 4) is 0 Å². The zero-order valence-corrected chi connectivity index (χ0v) is 15.4. The second-order valence-corrected chi connectivity index (χ2v) is 7.55. The smallest absolute Gasteiger partial charge is 0.227 e. The normalized spacial score (nSPS) is 22.5. The number of nitrogens with zero attached hydrogens (tertiary/aromatic N) is 2. The number of morpholine rings is 1. The van der Waals surface area contributed by atoms with Gasteiger partial charge >= 0.3 is 0 Å². The zero-order valence-electron chi connectivity index (χ0n) is 14.6. The molecule has 4 nitrogen and oxygen atoms in total. The Balaban J connectivity index is 1.59. The van der Waals surface area contributed by atoms with E-state index < -0.39 is 0 Å². The molecule has 24 heavy (non-hydrogen) atoms. The van der Waals surface area contributed by atoms with Gasteiger partial charge in [0.25, 0.3) is 0 Å². The van der Waals surface area contributed by atoms with Crippen molar-refractivity contribution in [2.24, 2.45) is 0 Å². The summed E-state index contributed by atoms with van der Waals surface area (Å²) < 4.78 is 5.44. The van der Waals surface area contributed by atoms with Crippen LogP contribution in [0.4, 0.5) is 0 Å². The fourth-order valence-corrected chi connectivity index (χ4v) is 4.03. The standard InChI is InChI=1S/C19H28N2O2S/c1-24-18-7-5-16(6-8-18)14-19(22)21-9-3-2-4-17(21)15-20-10-12-23-13-11-20/h5-8,17H,2-4,9-15H2,1H3/t17-/m0/s1. The molecule has 0 unspecified atom stereocenters. The minimum Gasteiger partial charge on any atom is -0.379 e. The minimum absolute atomic E-state index is 0.282. The Morgan fingerprint density at radius 2 is 1.92 bits per heavy atom. The van der Waals surface area contributed by atoms with Crippen LogP contribution in [0.5, 0.6) is 0 Å². The number of hydrogen-bond donors (Lipinski definition) is 0. The molecule has 3 rings (SSSR count). The molecule has 0 spiro atoms. The molecule has 0 saturated carbocycles. The predicted molar refractivity (Wildman–Crippen MR) is 98.5 cm³/mol. The van der Waals surface area contributed by atoms with Crippen molar-refractivity contribution < 1.29 is 9.53 Å². The summed E-state index contributed by atoms with van der Waals surface area (Å²) in [5, 5.41) is 0. The van der Waals surface area contributed by atoms with Crippen molar-refractivity contribution in [2.75, 3.05) is 45.6 Å². The summed E-state index contributed by atoms with van der Waals surface area (Å²) in [4.78, 5) is 18.7. The maximum atomic E-state index is 12.9. The highest BCUT2D eigenvalue weighted by Gasteiger charge is 2.28. The molecule has 2 aliphatic heterocycles. The Kier molecular flexibility index (Phi) is 6.58. The van der Waals surface area contributed by atoms with Gasteiger partial charge in [0, 0.05) is 37.1 Å². The van der Waals surface area contributed by atoms with E-state index in [2.05, 4.69) is 40.3 Å². The van der Waals surface area contributed by atoms with Gasteiger partial charge in [-0.1, -0.05) is 12.1 Å². The lowest BCUT2D eigenvalue weighted by Crippen LogP contribution is -2.51. The summed E-state index contributed by atoms with van der Waals surface area (Å²) in [6.45, 7) is 5.55. The first kappa shape index (κ1) is 17.8. The van der Waals surface area contributed by atoms with E-state index in [1.165, 1.54) is 11.3 Å². The van der Waals surface area contributed by atoms with Gasteiger partial charge in [0.05, 0.1) is 19.6 Å². The molecule has 0 radical (unpaired) electrons. The van der Waals surface area contributed by atoms with Crippen molar-refractivity contribution in [1.29, 1.82) is 0 Å². The first-order chi connectivity index (χ1) is 11.8. The molecule has 0 aromatic heterocycles. The lowest BCUT2D eigenvalue weighted by atomic mass is 10.00. The van der Waals surface area contributed by atoms with E-state index in [1.807, 2.05) is 0 Å². The van der Waals surface area contributed by atoms with Crippen molar-refractivity contribution in [1.82, 2.24) is 9.80 Å². The number of carbonyl (C=O) groups is 1. The Hall–Kier alpha value is -1.04. The van der Waals surface area contributed by atoms with Crippen LogP contribution in [-0.2, 0) is 16.0 Å². The molecule has 0 N–H and O–H groups in total. The van der Waals surface area contributed by atoms with E-state index in [4.69, 9.17) is 4.74 Å². The number of hydrogen-bond acceptors (Lipinski definition) is 4. The molecule has 2 fully saturated rings. The molecular weight excluding hydrogens is 320 g/mol. The lowest BCUT2D eigenvalue weighted by molar-refractivity contribution is -0.134. The number of ether oxygens (including phenoxy) is 1. The van der Waals surface area contributed by atoms with Gasteiger partial charge in [0.2, 0.25) is 5.91 Å². The zero-order chi connectivity index (χ0) is 16.8. The van der Waals surface area contributed by atoms with E-state index in [0.29, 0.717) is 12.5 Å². The molecule has 1 aromatic rings. The monoisotopic (exact) mass is 348 g/mol. The van der Waals surface area contributed by atoms with Gasteiger partial charge in [-0.05, 0) is 43.2 Å². The third kappa shape index (κ3) is 4.74. The van der Waals surface area contributed by atoms with Crippen molar-refractivity contribution in [2.45, 2.75) is 36.6 Å². The minimum atomic E-state index is 0.282. The second-order valence-electron chi connectivity index (χ2n) is 6.67. The van der Waals surface area contributed by atoms with E-state index in [1.54, 1.807) is 11.8 Å². The molecule has 2 aliphatic rings. The third-order valence-corrected chi connectivity index (χ3v) is 5.78. The highest BCUT2D eigenvalue weighted by Crippen LogP contribution is 2.21. The van der Waals surface area contributed by atoms with Crippen LogP contribution < -0.4 is 0 Å². The van der Waals surface area contributed by atoms with Gasteiger partial charge in [-0.2, -0.15) is 0 Å². The van der Waals surface area contributed by atoms with E-state index >= 15 is 0 Å². The largest absolute Gasteiger partial charge is 0.379 e. The molecule has 1 aromatic carbocycles. The van der Waals surface area contributed by atoms with Crippen LogP contribution in [0.1, 0.15) is 24.8 Å². The third-order valence-electron chi connectivity index (χ3n) is 5.03. The van der Waals surface area contributed by atoms with Gasteiger partial charge in [-0.3, -0.25) is 9.69 Å². The Morgan fingerprint density at radius 1 is 1.17 bits per heavy atom. The van der Waals surface area contributed by atoms with Crippen molar-refractivity contribution >= 4 is 17.7 Å². The molecule has 2 heterocycles. The topological polar surface area (TPSA) is 32.8 Å². The maximum absolute atomic E-state index is 12.9. The first-order valence-corrected chi connectivity index (χ1v) is 10.2. The number of benzene rings is 1. The molecule has 1 atom stereocenters. The van der Waals surface area contributed by atoms with Crippen LogP contribution in [0, 0.1) is 0 Å². The number of carbonyl (C=O) groups excluding carboxylic acids is 1. The summed E-state index contributed by atoms with van der Waals surface area (Å²) >= 11 is 1.73.